The maximum Gasteiger partial charge on any atom is 0.248 e. The third-order valence-corrected chi connectivity index (χ3v) is 3.47. The summed E-state index contributed by atoms with van der Waals surface area (Å²) in [5.74, 6) is 0.576. The number of amides is 1. The molecule has 1 fully saturated rings. The molecular formula is C15H24N4O3. The van der Waals surface area contributed by atoms with Gasteiger partial charge in [0, 0.05) is 32.1 Å². The van der Waals surface area contributed by atoms with Crippen LogP contribution in [0.15, 0.2) is 18.6 Å². The Kier molecular flexibility index (Phi) is 7.05. The van der Waals surface area contributed by atoms with Crippen molar-refractivity contribution in [2.75, 3.05) is 31.6 Å². The highest BCUT2D eigenvalue weighted by Crippen LogP contribution is 2.13. The first-order chi connectivity index (χ1) is 10.8. The van der Waals surface area contributed by atoms with Crippen LogP contribution in [0, 0.1) is 0 Å². The van der Waals surface area contributed by atoms with E-state index >= 15 is 0 Å². The van der Waals surface area contributed by atoms with Gasteiger partial charge in [-0.3, -0.25) is 9.78 Å². The van der Waals surface area contributed by atoms with Crippen LogP contribution in [0.4, 0.5) is 5.82 Å². The molecule has 122 valence electrons. The topological polar surface area (TPSA) is 85.4 Å². The van der Waals surface area contributed by atoms with Crippen molar-refractivity contribution in [1.82, 2.24) is 15.3 Å². The Bertz CT molecular complexity index is 438. The first-order valence-electron chi connectivity index (χ1n) is 7.76. The minimum absolute atomic E-state index is 0.114. The smallest absolute Gasteiger partial charge is 0.248 e. The molecule has 0 saturated carbocycles. The first kappa shape index (κ1) is 16.6. The van der Waals surface area contributed by atoms with Crippen molar-refractivity contribution in [2.45, 2.75) is 38.4 Å². The summed E-state index contributed by atoms with van der Waals surface area (Å²) in [6.45, 7) is 4.12. The van der Waals surface area contributed by atoms with E-state index in [9.17, 15) is 4.79 Å². The number of anilines is 1. The molecular weight excluding hydrogens is 284 g/mol. The van der Waals surface area contributed by atoms with Gasteiger partial charge in [-0.05, 0) is 26.2 Å². The maximum atomic E-state index is 11.9. The number of rotatable bonds is 8. The van der Waals surface area contributed by atoms with Crippen LogP contribution in [0.5, 0.6) is 0 Å². The molecule has 1 saturated heterocycles. The lowest BCUT2D eigenvalue weighted by Crippen LogP contribution is -2.38. The summed E-state index contributed by atoms with van der Waals surface area (Å²) in [6.07, 6.45) is 7.82. The lowest BCUT2D eigenvalue weighted by molar-refractivity contribution is -0.135. The van der Waals surface area contributed by atoms with E-state index in [1.54, 1.807) is 25.5 Å². The Morgan fingerprint density at radius 1 is 1.45 bits per heavy atom. The fourth-order valence-electron chi connectivity index (χ4n) is 2.18. The normalized spacial score (nSPS) is 19.4. The highest BCUT2D eigenvalue weighted by Gasteiger charge is 2.18. The predicted molar refractivity (Wildman–Crippen MR) is 82.5 cm³/mol. The Balaban J connectivity index is 1.55. The Labute approximate surface area is 130 Å². The van der Waals surface area contributed by atoms with Gasteiger partial charge in [-0.2, -0.15) is 0 Å². The third-order valence-electron chi connectivity index (χ3n) is 3.47. The van der Waals surface area contributed by atoms with Gasteiger partial charge in [-0.1, -0.05) is 0 Å². The van der Waals surface area contributed by atoms with Gasteiger partial charge in [-0.25, -0.2) is 4.98 Å². The molecule has 0 aliphatic carbocycles. The van der Waals surface area contributed by atoms with Gasteiger partial charge in [0.1, 0.15) is 11.9 Å². The second-order valence-electron chi connectivity index (χ2n) is 5.27. The third kappa shape index (κ3) is 5.95. The quantitative estimate of drug-likeness (QED) is 0.696. The van der Waals surface area contributed by atoms with E-state index in [-0.39, 0.29) is 12.0 Å². The van der Waals surface area contributed by atoms with Crippen molar-refractivity contribution in [3.8, 4) is 0 Å². The molecule has 2 heterocycles. The minimum Gasteiger partial charge on any atom is -0.376 e. The maximum absolute atomic E-state index is 11.9. The molecule has 1 amide bonds. The summed E-state index contributed by atoms with van der Waals surface area (Å²) >= 11 is 0. The fourth-order valence-corrected chi connectivity index (χ4v) is 2.18. The Hall–Kier alpha value is -1.73. The van der Waals surface area contributed by atoms with E-state index in [2.05, 4.69) is 20.6 Å². The second-order valence-corrected chi connectivity index (χ2v) is 5.27. The molecule has 1 aliphatic rings. The SMILES string of the molecule is C[C@H](OC[C@H]1CCCCO1)C(=O)NCCNc1cnccn1. The van der Waals surface area contributed by atoms with E-state index < -0.39 is 6.10 Å². The zero-order valence-corrected chi connectivity index (χ0v) is 13.0. The highest BCUT2D eigenvalue weighted by molar-refractivity contribution is 5.80. The highest BCUT2D eigenvalue weighted by atomic mass is 16.5. The standard InChI is InChI=1S/C15H24N4O3/c1-12(22-11-13-4-2-3-9-21-13)15(20)19-8-7-18-14-10-16-5-6-17-14/h5-6,10,12-13H,2-4,7-9,11H2,1H3,(H,17,18)(H,19,20)/t12-,13+/m0/s1. The molecule has 0 aromatic carbocycles. The number of carbonyl (C=O) groups is 1. The molecule has 7 heteroatoms. The Morgan fingerprint density at radius 2 is 2.36 bits per heavy atom. The van der Waals surface area contributed by atoms with Gasteiger partial charge in [0.2, 0.25) is 5.91 Å². The first-order valence-corrected chi connectivity index (χ1v) is 7.76. The van der Waals surface area contributed by atoms with Gasteiger partial charge in [0.05, 0.1) is 18.9 Å². The lowest BCUT2D eigenvalue weighted by atomic mass is 10.1. The van der Waals surface area contributed by atoms with Gasteiger partial charge in [0.25, 0.3) is 0 Å². The summed E-state index contributed by atoms with van der Waals surface area (Å²) in [4.78, 5) is 19.9. The molecule has 2 N–H and O–H groups in total. The van der Waals surface area contributed by atoms with E-state index in [0.29, 0.717) is 25.5 Å². The Morgan fingerprint density at radius 3 is 3.09 bits per heavy atom. The van der Waals surface area contributed by atoms with Crippen LogP contribution >= 0.6 is 0 Å². The molecule has 22 heavy (non-hydrogen) atoms. The van der Waals surface area contributed by atoms with Crippen molar-refractivity contribution >= 4 is 11.7 Å². The molecule has 0 bridgehead atoms. The summed E-state index contributed by atoms with van der Waals surface area (Å²) in [6, 6.07) is 0. The van der Waals surface area contributed by atoms with Crippen LogP contribution in [0.2, 0.25) is 0 Å². The molecule has 0 radical (unpaired) electrons. The summed E-state index contributed by atoms with van der Waals surface area (Å²) in [5, 5.41) is 5.90. The van der Waals surface area contributed by atoms with Crippen molar-refractivity contribution < 1.29 is 14.3 Å². The van der Waals surface area contributed by atoms with Gasteiger partial charge < -0.3 is 20.1 Å². The zero-order valence-electron chi connectivity index (χ0n) is 13.0. The molecule has 0 unspecified atom stereocenters. The monoisotopic (exact) mass is 308 g/mol. The second kappa shape index (κ2) is 9.32. The molecule has 1 aliphatic heterocycles. The number of hydrogen-bond donors (Lipinski definition) is 2. The summed E-state index contributed by atoms with van der Waals surface area (Å²) in [7, 11) is 0. The van der Waals surface area contributed by atoms with Crippen LogP contribution < -0.4 is 10.6 Å². The van der Waals surface area contributed by atoms with Crippen LogP contribution in [-0.2, 0) is 14.3 Å². The van der Waals surface area contributed by atoms with Crippen LogP contribution in [0.25, 0.3) is 0 Å². The average Bonchev–Trinajstić information content (AvgIpc) is 2.58. The lowest BCUT2D eigenvalue weighted by Gasteiger charge is -2.23. The van der Waals surface area contributed by atoms with Crippen LogP contribution in [-0.4, -0.2) is 54.4 Å². The van der Waals surface area contributed by atoms with Crippen LogP contribution in [0.1, 0.15) is 26.2 Å². The van der Waals surface area contributed by atoms with Crippen molar-refractivity contribution in [3.63, 3.8) is 0 Å². The van der Waals surface area contributed by atoms with Crippen LogP contribution in [0.3, 0.4) is 0 Å². The molecule has 1 aromatic rings. The summed E-state index contributed by atoms with van der Waals surface area (Å²) in [5.41, 5.74) is 0. The minimum atomic E-state index is -0.470. The zero-order chi connectivity index (χ0) is 15.6. The largest absolute Gasteiger partial charge is 0.376 e. The van der Waals surface area contributed by atoms with Crippen molar-refractivity contribution in [1.29, 1.82) is 0 Å². The molecule has 1 aromatic heterocycles. The number of carbonyl (C=O) groups excluding carboxylic acids is 1. The van der Waals surface area contributed by atoms with E-state index in [0.717, 1.165) is 19.4 Å². The molecule has 2 rings (SSSR count). The van der Waals surface area contributed by atoms with Gasteiger partial charge in [-0.15, -0.1) is 0 Å². The number of hydrogen-bond acceptors (Lipinski definition) is 6. The van der Waals surface area contributed by atoms with E-state index in [1.807, 2.05) is 0 Å². The fraction of sp³-hybridized carbons (Fsp3) is 0.667. The van der Waals surface area contributed by atoms with E-state index in [4.69, 9.17) is 9.47 Å². The van der Waals surface area contributed by atoms with Gasteiger partial charge >= 0.3 is 0 Å². The number of ether oxygens (including phenoxy) is 2. The van der Waals surface area contributed by atoms with E-state index in [1.165, 1.54) is 6.42 Å². The van der Waals surface area contributed by atoms with Crippen molar-refractivity contribution in [3.05, 3.63) is 18.6 Å². The average molecular weight is 308 g/mol. The molecule has 7 nitrogen and oxygen atoms in total. The summed E-state index contributed by atoms with van der Waals surface area (Å²) < 4.78 is 11.2. The number of nitrogens with one attached hydrogen (secondary N) is 2. The number of nitrogens with zero attached hydrogens (tertiary/aromatic N) is 2. The number of aromatic nitrogens is 2. The predicted octanol–water partition coefficient (Wildman–Crippen LogP) is 0.979. The molecule has 0 spiro atoms. The van der Waals surface area contributed by atoms with Gasteiger partial charge in [0.15, 0.2) is 0 Å². The molecule has 2 atom stereocenters. The van der Waals surface area contributed by atoms with Crippen molar-refractivity contribution in [2.24, 2.45) is 0 Å².